The number of nitrogens with zero attached hydrogens (tertiary/aromatic N) is 5. The minimum atomic E-state index is -0.245. The van der Waals surface area contributed by atoms with Gasteiger partial charge >= 0.3 is 0 Å². The molecule has 1 saturated heterocycles. The van der Waals surface area contributed by atoms with Gasteiger partial charge in [0.05, 0.1) is 5.69 Å². The van der Waals surface area contributed by atoms with Crippen molar-refractivity contribution in [3.8, 4) is 0 Å². The summed E-state index contributed by atoms with van der Waals surface area (Å²) in [6.45, 7) is 1.82. The Morgan fingerprint density at radius 3 is 3.00 bits per heavy atom. The van der Waals surface area contributed by atoms with Crippen LogP contribution in [0.15, 0.2) is 41.3 Å². The summed E-state index contributed by atoms with van der Waals surface area (Å²) in [7, 11) is 2.09. The van der Waals surface area contributed by atoms with Crippen molar-refractivity contribution in [3.63, 3.8) is 0 Å². The normalized spacial score (nSPS) is 22.6. The molecule has 1 unspecified atom stereocenters. The zero-order valence-electron chi connectivity index (χ0n) is 16.6. The molecular formula is C22H24N6O. The van der Waals surface area contributed by atoms with Crippen molar-refractivity contribution in [1.82, 2.24) is 19.9 Å². The summed E-state index contributed by atoms with van der Waals surface area (Å²) in [5.41, 5.74) is 4.43. The largest absolute Gasteiger partial charge is 0.320 e. The van der Waals surface area contributed by atoms with E-state index in [1.54, 1.807) is 6.20 Å². The molecule has 7 heteroatoms. The molecule has 2 aliphatic heterocycles. The van der Waals surface area contributed by atoms with E-state index in [1.807, 2.05) is 18.3 Å². The van der Waals surface area contributed by atoms with Gasteiger partial charge in [0.25, 0.3) is 5.91 Å². The van der Waals surface area contributed by atoms with Crippen LogP contribution in [0, 0.1) is 5.92 Å². The van der Waals surface area contributed by atoms with Crippen LogP contribution in [-0.2, 0) is 4.79 Å². The lowest BCUT2D eigenvalue weighted by Gasteiger charge is -2.31. The zero-order valence-corrected chi connectivity index (χ0v) is 16.6. The number of rotatable bonds is 3. The van der Waals surface area contributed by atoms with Crippen LogP contribution in [0.2, 0.25) is 0 Å². The number of pyridine rings is 1. The van der Waals surface area contributed by atoms with E-state index in [9.17, 15) is 4.79 Å². The highest BCUT2D eigenvalue weighted by Crippen LogP contribution is 2.30. The fraction of sp³-hybridized carbons (Fsp3) is 0.409. The minimum Gasteiger partial charge on any atom is -0.320 e. The molecule has 0 aromatic carbocycles. The molecule has 3 aliphatic rings. The van der Waals surface area contributed by atoms with Crippen LogP contribution in [0.4, 0.5) is 5.95 Å². The van der Waals surface area contributed by atoms with E-state index in [4.69, 9.17) is 4.98 Å². The number of fused-ring (bicyclic) bond motifs is 2. The van der Waals surface area contributed by atoms with E-state index in [0.29, 0.717) is 11.6 Å². The van der Waals surface area contributed by atoms with Crippen molar-refractivity contribution in [2.75, 3.05) is 25.5 Å². The van der Waals surface area contributed by atoms with Crippen LogP contribution in [0.5, 0.6) is 0 Å². The Balaban J connectivity index is 1.46. The summed E-state index contributed by atoms with van der Waals surface area (Å²) in [5, 5.41) is 4.07. The predicted octanol–water partition coefficient (Wildman–Crippen LogP) is 3.21. The number of nitrogens with one attached hydrogen (secondary N) is 1. The molecule has 1 aliphatic carbocycles. The number of allylic oxidation sites excluding steroid dienone is 2. The van der Waals surface area contributed by atoms with E-state index < -0.39 is 0 Å². The standard InChI is InChI=1S/C22H24N6O/c1-28-10-8-17-16(13-28)11-18(21(29)25-17)26-22-24-12-15-7-9-23-19(20(15)27-22)14-5-3-2-4-6-14/h5,7,9,11-12,16H,2-4,6,8,10,13H2,1H3,(H,24,26,27). The average molecular weight is 388 g/mol. The van der Waals surface area contributed by atoms with Crippen LogP contribution in [0.3, 0.4) is 0 Å². The Morgan fingerprint density at radius 1 is 1.21 bits per heavy atom. The SMILES string of the molecule is CN1CCC2=NC(=O)C(Nc3ncc4ccnc(C5=CCCCC5)c4n3)=CC2C1. The van der Waals surface area contributed by atoms with Gasteiger partial charge in [-0.1, -0.05) is 6.08 Å². The van der Waals surface area contributed by atoms with Gasteiger partial charge in [0.1, 0.15) is 11.2 Å². The van der Waals surface area contributed by atoms with Gasteiger partial charge in [-0.05, 0) is 56.9 Å². The summed E-state index contributed by atoms with van der Waals surface area (Å²) in [4.78, 5) is 32.8. The second kappa shape index (κ2) is 7.48. The summed E-state index contributed by atoms with van der Waals surface area (Å²) < 4.78 is 0. The van der Waals surface area contributed by atoms with Crippen molar-refractivity contribution in [2.24, 2.45) is 10.9 Å². The second-order valence-corrected chi connectivity index (χ2v) is 8.00. The highest BCUT2D eigenvalue weighted by Gasteiger charge is 2.28. The predicted molar refractivity (Wildman–Crippen MR) is 114 cm³/mol. The van der Waals surface area contributed by atoms with Crippen molar-refractivity contribution < 1.29 is 4.79 Å². The Labute approximate surface area is 169 Å². The van der Waals surface area contributed by atoms with Gasteiger partial charge in [-0.25, -0.2) is 15.0 Å². The summed E-state index contributed by atoms with van der Waals surface area (Å²) in [6.07, 6.45) is 13.2. The number of hydrogen-bond acceptors (Lipinski definition) is 6. The van der Waals surface area contributed by atoms with Crippen LogP contribution in [0.25, 0.3) is 16.5 Å². The number of likely N-dealkylation sites (tertiary alicyclic amines) is 1. The number of hydrogen-bond donors (Lipinski definition) is 1. The maximum atomic E-state index is 12.5. The van der Waals surface area contributed by atoms with Crippen molar-refractivity contribution in [1.29, 1.82) is 0 Å². The number of carbonyl (C=O) groups is 1. The van der Waals surface area contributed by atoms with Gasteiger partial charge in [-0.2, -0.15) is 0 Å². The molecular weight excluding hydrogens is 364 g/mol. The molecule has 0 saturated carbocycles. The molecule has 0 radical (unpaired) electrons. The third-order valence-corrected chi connectivity index (χ3v) is 5.87. The molecule has 0 bridgehead atoms. The zero-order chi connectivity index (χ0) is 19.8. The topological polar surface area (TPSA) is 83.4 Å². The quantitative estimate of drug-likeness (QED) is 0.869. The smallest absolute Gasteiger partial charge is 0.293 e. The monoisotopic (exact) mass is 388 g/mol. The Morgan fingerprint density at radius 2 is 2.14 bits per heavy atom. The maximum Gasteiger partial charge on any atom is 0.293 e. The van der Waals surface area contributed by atoms with E-state index in [1.165, 1.54) is 18.4 Å². The van der Waals surface area contributed by atoms with Crippen LogP contribution >= 0.6 is 0 Å². The first-order valence-electron chi connectivity index (χ1n) is 10.3. The van der Waals surface area contributed by atoms with E-state index in [0.717, 1.165) is 54.7 Å². The Hall–Kier alpha value is -2.93. The lowest BCUT2D eigenvalue weighted by atomic mass is 9.92. The van der Waals surface area contributed by atoms with Gasteiger partial charge in [0.2, 0.25) is 5.95 Å². The lowest BCUT2D eigenvalue weighted by molar-refractivity contribution is -0.114. The number of piperidine rings is 1. The summed E-state index contributed by atoms with van der Waals surface area (Å²) in [5.74, 6) is 0.329. The Kier molecular flexibility index (Phi) is 4.67. The molecule has 0 spiro atoms. The van der Waals surface area contributed by atoms with Gasteiger partial charge in [-0.3, -0.25) is 9.78 Å². The molecule has 29 heavy (non-hydrogen) atoms. The number of carbonyl (C=O) groups excluding carboxylic acids is 1. The summed E-state index contributed by atoms with van der Waals surface area (Å²) in [6, 6.07) is 1.92. The molecule has 1 atom stereocenters. The molecule has 5 rings (SSSR count). The number of aliphatic imine (C=N–C) groups is 1. The van der Waals surface area contributed by atoms with E-state index in [-0.39, 0.29) is 11.8 Å². The molecule has 7 nitrogen and oxygen atoms in total. The van der Waals surface area contributed by atoms with Crippen LogP contribution < -0.4 is 5.32 Å². The number of aromatic nitrogens is 3. The fourth-order valence-corrected chi connectivity index (χ4v) is 4.29. The van der Waals surface area contributed by atoms with E-state index >= 15 is 0 Å². The van der Waals surface area contributed by atoms with Crippen LogP contribution in [0.1, 0.15) is 37.8 Å². The lowest BCUT2D eigenvalue weighted by Crippen LogP contribution is -2.40. The molecule has 2 aromatic heterocycles. The number of dihydropyridines is 1. The Bertz CT molecular complexity index is 1070. The first-order chi connectivity index (χ1) is 14.2. The average Bonchev–Trinajstić information content (AvgIpc) is 2.75. The highest BCUT2D eigenvalue weighted by atomic mass is 16.1. The summed E-state index contributed by atoms with van der Waals surface area (Å²) >= 11 is 0. The first-order valence-corrected chi connectivity index (χ1v) is 10.3. The molecule has 4 heterocycles. The third-order valence-electron chi connectivity index (χ3n) is 5.87. The number of amides is 1. The molecule has 1 N–H and O–H groups in total. The minimum absolute atomic E-state index is 0.166. The van der Waals surface area contributed by atoms with Crippen LogP contribution in [-0.4, -0.2) is 51.6 Å². The molecule has 2 aromatic rings. The highest BCUT2D eigenvalue weighted by molar-refractivity contribution is 6.09. The van der Waals surface area contributed by atoms with Crippen molar-refractivity contribution in [3.05, 3.63) is 42.0 Å². The maximum absolute atomic E-state index is 12.5. The van der Waals surface area contributed by atoms with Crippen molar-refractivity contribution in [2.45, 2.75) is 32.1 Å². The van der Waals surface area contributed by atoms with Crippen molar-refractivity contribution >= 4 is 34.0 Å². The molecule has 1 amide bonds. The second-order valence-electron chi connectivity index (χ2n) is 8.00. The first kappa shape index (κ1) is 18.1. The van der Waals surface area contributed by atoms with Gasteiger partial charge in [0, 0.05) is 42.5 Å². The molecule has 1 fully saturated rings. The van der Waals surface area contributed by atoms with Gasteiger partial charge < -0.3 is 10.2 Å². The third kappa shape index (κ3) is 3.58. The van der Waals surface area contributed by atoms with E-state index in [2.05, 4.69) is 38.3 Å². The molecule has 148 valence electrons. The van der Waals surface area contributed by atoms with Gasteiger partial charge in [-0.15, -0.1) is 0 Å². The fourth-order valence-electron chi connectivity index (χ4n) is 4.29. The number of anilines is 1. The van der Waals surface area contributed by atoms with Gasteiger partial charge in [0.15, 0.2) is 0 Å².